The second kappa shape index (κ2) is 6.13. The van der Waals surface area contributed by atoms with E-state index in [1.165, 1.54) is 6.42 Å². The number of rotatable bonds is 4. The summed E-state index contributed by atoms with van der Waals surface area (Å²) in [6.45, 7) is -1.19. The largest absolute Gasteiger partial charge is 0.394 e. The van der Waals surface area contributed by atoms with E-state index >= 15 is 0 Å². The van der Waals surface area contributed by atoms with Gasteiger partial charge in [-0.05, 0) is 12.8 Å². The highest BCUT2D eigenvalue weighted by Gasteiger charge is 2.46. The van der Waals surface area contributed by atoms with Gasteiger partial charge in [0.1, 0.15) is 6.61 Å². The van der Waals surface area contributed by atoms with Crippen LogP contribution in [0.15, 0.2) is 0 Å². The molecule has 0 aromatic carbocycles. The Morgan fingerprint density at radius 3 is 2.63 bits per heavy atom. The fourth-order valence-corrected chi connectivity index (χ4v) is 2.86. The fraction of sp³-hybridized carbons (Fsp3) is 0.923. The second-order valence-electron chi connectivity index (χ2n) is 5.49. The van der Waals surface area contributed by atoms with Gasteiger partial charge in [0.25, 0.3) is 5.92 Å². The molecule has 0 bridgehead atoms. The Kier molecular flexibility index (Phi) is 4.73. The number of halogens is 2. The first-order chi connectivity index (χ1) is 9.02. The van der Waals surface area contributed by atoms with E-state index in [1.54, 1.807) is 0 Å². The molecule has 2 rings (SSSR count). The van der Waals surface area contributed by atoms with E-state index in [2.05, 4.69) is 0 Å². The summed E-state index contributed by atoms with van der Waals surface area (Å²) < 4.78 is 32.0. The van der Waals surface area contributed by atoms with Crippen LogP contribution in [0.25, 0.3) is 0 Å². The molecule has 1 aliphatic heterocycles. The highest BCUT2D eigenvalue weighted by molar-refractivity contribution is 5.78. The molecule has 0 aromatic rings. The van der Waals surface area contributed by atoms with E-state index in [-0.39, 0.29) is 12.7 Å². The predicted octanol–water partition coefficient (Wildman–Crippen LogP) is 1.56. The number of amides is 1. The standard InChI is InChI=1S/C13H21F2NO3/c14-13(15)6-10(7-17)16(9-13)12(18)8-19-11-4-2-1-3-5-11/h10-11,17H,1-9H2. The zero-order valence-corrected chi connectivity index (χ0v) is 11.0. The number of carbonyl (C=O) groups excluding carboxylic acids is 1. The molecule has 19 heavy (non-hydrogen) atoms. The SMILES string of the molecule is O=C(COC1CCCCC1)N1CC(F)(F)CC1CO. The highest BCUT2D eigenvalue weighted by Crippen LogP contribution is 2.32. The Bertz CT molecular complexity index is 319. The van der Waals surface area contributed by atoms with Gasteiger partial charge < -0.3 is 14.7 Å². The van der Waals surface area contributed by atoms with Crippen LogP contribution in [0.1, 0.15) is 38.5 Å². The van der Waals surface area contributed by atoms with E-state index in [4.69, 9.17) is 9.84 Å². The normalized spacial score (nSPS) is 27.7. The van der Waals surface area contributed by atoms with Crippen LogP contribution < -0.4 is 0 Å². The summed E-state index contributed by atoms with van der Waals surface area (Å²) in [4.78, 5) is 13.0. The number of hydrogen-bond acceptors (Lipinski definition) is 3. The van der Waals surface area contributed by atoms with Gasteiger partial charge in [-0.1, -0.05) is 19.3 Å². The van der Waals surface area contributed by atoms with Gasteiger partial charge in [-0.25, -0.2) is 8.78 Å². The van der Waals surface area contributed by atoms with Crippen molar-refractivity contribution in [2.24, 2.45) is 0 Å². The zero-order chi connectivity index (χ0) is 13.9. The summed E-state index contributed by atoms with van der Waals surface area (Å²) in [5, 5.41) is 9.07. The minimum absolute atomic E-state index is 0.0772. The van der Waals surface area contributed by atoms with Gasteiger partial charge in [0.05, 0.1) is 25.3 Å². The Morgan fingerprint density at radius 1 is 1.32 bits per heavy atom. The smallest absolute Gasteiger partial charge is 0.267 e. The van der Waals surface area contributed by atoms with Crippen LogP contribution in [0.2, 0.25) is 0 Å². The average Bonchev–Trinajstić information content (AvgIpc) is 2.72. The van der Waals surface area contributed by atoms with Crippen LogP contribution in [0, 0.1) is 0 Å². The molecule has 6 heteroatoms. The quantitative estimate of drug-likeness (QED) is 0.848. The lowest BCUT2D eigenvalue weighted by atomic mass is 9.98. The van der Waals surface area contributed by atoms with Gasteiger partial charge >= 0.3 is 0 Å². The maximum absolute atomic E-state index is 13.2. The molecule has 1 N–H and O–H groups in total. The molecule has 1 heterocycles. The summed E-state index contributed by atoms with van der Waals surface area (Å²) in [7, 11) is 0. The summed E-state index contributed by atoms with van der Waals surface area (Å²) >= 11 is 0. The lowest BCUT2D eigenvalue weighted by Gasteiger charge is -2.25. The van der Waals surface area contributed by atoms with Crippen LogP contribution in [0.4, 0.5) is 8.78 Å². The first-order valence-electron chi connectivity index (χ1n) is 6.91. The molecule has 1 atom stereocenters. The molecule has 0 spiro atoms. The first-order valence-corrected chi connectivity index (χ1v) is 6.91. The van der Waals surface area contributed by atoms with E-state index in [0.29, 0.717) is 0 Å². The third-order valence-corrected chi connectivity index (χ3v) is 3.90. The van der Waals surface area contributed by atoms with Crippen molar-refractivity contribution in [2.45, 2.75) is 56.6 Å². The Morgan fingerprint density at radius 2 is 2.00 bits per heavy atom. The lowest BCUT2D eigenvalue weighted by molar-refractivity contribution is -0.141. The fourth-order valence-electron chi connectivity index (χ4n) is 2.86. The summed E-state index contributed by atoms with van der Waals surface area (Å²) in [6.07, 6.45) is 4.88. The lowest BCUT2D eigenvalue weighted by Crippen LogP contribution is -2.41. The van der Waals surface area contributed by atoms with E-state index in [9.17, 15) is 13.6 Å². The van der Waals surface area contributed by atoms with E-state index in [0.717, 1.165) is 30.6 Å². The van der Waals surface area contributed by atoms with Crippen molar-refractivity contribution in [1.82, 2.24) is 4.90 Å². The van der Waals surface area contributed by atoms with Crippen molar-refractivity contribution in [3.63, 3.8) is 0 Å². The topological polar surface area (TPSA) is 49.8 Å². The number of alkyl halides is 2. The Hall–Kier alpha value is -0.750. The van der Waals surface area contributed by atoms with Crippen LogP contribution in [-0.2, 0) is 9.53 Å². The highest BCUT2D eigenvalue weighted by atomic mass is 19.3. The number of aliphatic hydroxyl groups excluding tert-OH is 1. The van der Waals surface area contributed by atoms with Crippen molar-refractivity contribution < 1.29 is 23.4 Å². The Labute approximate surface area is 111 Å². The minimum atomic E-state index is -2.89. The number of hydrogen-bond donors (Lipinski definition) is 1. The van der Waals surface area contributed by atoms with Crippen molar-refractivity contribution >= 4 is 5.91 Å². The third-order valence-electron chi connectivity index (χ3n) is 3.90. The molecule has 110 valence electrons. The molecule has 1 aliphatic carbocycles. The average molecular weight is 277 g/mol. The van der Waals surface area contributed by atoms with Gasteiger partial charge in [-0.15, -0.1) is 0 Å². The van der Waals surface area contributed by atoms with Crippen LogP contribution in [0.5, 0.6) is 0 Å². The minimum Gasteiger partial charge on any atom is -0.394 e. The molecular weight excluding hydrogens is 256 g/mol. The molecule has 1 unspecified atom stereocenters. The maximum atomic E-state index is 13.2. The monoisotopic (exact) mass is 277 g/mol. The second-order valence-corrected chi connectivity index (χ2v) is 5.49. The van der Waals surface area contributed by atoms with Crippen molar-refractivity contribution in [3.8, 4) is 0 Å². The van der Waals surface area contributed by atoms with E-state index < -0.39 is 37.4 Å². The van der Waals surface area contributed by atoms with Gasteiger partial charge in [0, 0.05) is 6.42 Å². The number of carbonyl (C=O) groups is 1. The molecule has 2 fully saturated rings. The first kappa shape index (κ1) is 14.7. The maximum Gasteiger partial charge on any atom is 0.267 e. The zero-order valence-electron chi connectivity index (χ0n) is 11.0. The van der Waals surface area contributed by atoms with Gasteiger partial charge in [-0.3, -0.25) is 4.79 Å². The van der Waals surface area contributed by atoms with Gasteiger partial charge in [-0.2, -0.15) is 0 Å². The Balaban J connectivity index is 1.81. The molecule has 0 radical (unpaired) electrons. The third kappa shape index (κ3) is 3.86. The molecule has 1 amide bonds. The van der Waals surface area contributed by atoms with Crippen LogP contribution >= 0.6 is 0 Å². The predicted molar refractivity (Wildman–Crippen MR) is 65.0 cm³/mol. The molecule has 2 aliphatic rings. The summed E-state index contributed by atoms with van der Waals surface area (Å²) in [5.41, 5.74) is 0. The number of nitrogens with zero attached hydrogens (tertiary/aromatic N) is 1. The molecule has 4 nitrogen and oxygen atoms in total. The molecular formula is C13H21F2NO3. The summed E-state index contributed by atoms with van der Waals surface area (Å²) in [6, 6.07) is -0.780. The van der Waals surface area contributed by atoms with Crippen molar-refractivity contribution in [1.29, 1.82) is 0 Å². The number of likely N-dealkylation sites (tertiary alicyclic amines) is 1. The molecule has 0 aromatic heterocycles. The molecule has 1 saturated carbocycles. The summed E-state index contributed by atoms with van der Waals surface area (Å²) in [5.74, 6) is -3.34. The van der Waals surface area contributed by atoms with E-state index in [1.807, 2.05) is 0 Å². The molecule has 1 saturated heterocycles. The van der Waals surface area contributed by atoms with Crippen molar-refractivity contribution in [3.05, 3.63) is 0 Å². The van der Waals surface area contributed by atoms with Crippen molar-refractivity contribution in [2.75, 3.05) is 19.8 Å². The van der Waals surface area contributed by atoms with Crippen LogP contribution in [0.3, 0.4) is 0 Å². The van der Waals surface area contributed by atoms with Crippen LogP contribution in [-0.4, -0.2) is 53.7 Å². The van der Waals surface area contributed by atoms with Gasteiger partial charge in [0.15, 0.2) is 0 Å². The van der Waals surface area contributed by atoms with Gasteiger partial charge in [0.2, 0.25) is 5.91 Å². The number of ether oxygens (including phenoxy) is 1. The number of aliphatic hydroxyl groups is 1.